The first kappa shape index (κ1) is 18.0. The molecule has 2 aromatic carbocycles. The van der Waals surface area contributed by atoms with Gasteiger partial charge in [-0.25, -0.2) is 28.5 Å². The molecule has 0 spiro atoms. The number of hydrogen-bond acceptors (Lipinski definition) is 6. The Morgan fingerprint density at radius 2 is 1.54 bits per heavy atom. The van der Waals surface area contributed by atoms with Crippen molar-refractivity contribution in [3.63, 3.8) is 0 Å². The van der Waals surface area contributed by atoms with Gasteiger partial charge in [0.1, 0.15) is 5.52 Å². The lowest BCUT2D eigenvalue weighted by molar-refractivity contribution is 0.598. The molecule has 0 aliphatic carbocycles. The third kappa shape index (κ3) is 3.68. The number of nitrogens with zero attached hydrogens (tertiary/aromatic N) is 3. The second-order valence-electron chi connectivity index (χ2n) is 6.32. The van der Waals surface area contributed by atoms with E-state index in [1.807, 2.05) is 42.5 Å². The maximum absolute atomic E-state index is 11.4. The number of rotatable bonds is 4. The van der Waals surface area contributed by atoms with Crippen molar-refractivity contribution in [2.75, 3.05) is 5.73 Å². The van der Waals surface area contributed by atoms with Crippen molar-refractivity contribution < 1.29 is 8.42 Å². The van der Waals surface area contributed by atoms with Crippen molar-refractivity contribution in [1.29, 1.82) is 0 Å². The van der Waals surface area contributed by atoms with E-state index in [-0.39, 0.29) is 10.8 Å². The SMILES string of the molecule is Nc1nc(Cc2ccccc2)c2nc(-c3ccc(S(N)(=O)=O)cc3)ccc2n1. The van der Waals surface area contributed by atoms with Gasteiger partial charge in [-0.2, -0.15) is 0 Å². The minimum Gasteiger partial charge on any atom is -0.368 e. The Morgan fingerprint density at radius 1 is 0.821 bits per heavy atom. The van der Waals surface area contributed by atoms with E-state index >= 15 is 0 Å². The Kier molecular flexibility index (Phi) is 4.50. The van der Waals surface area contributed by atoms with Crippen LogP contribution >= 0.6 is 0 Å². The number of nitrogens with two attached hydrogens (primary N) is 2. The zero-order chi connectivity index (χ0) is 19.7. The van der Waals surface area contributed by atoms with Crippen LogP contribution in [-0.4, -0.2) is 23.4 Å². The molecule has 0 radical (unpaired) electrons. The number of sulfonamides is 1. The van der Waals surface area contributed by atoms with Crippen LogP contribution < -0.4 is 10.9 Å². The van der Waals surface area contributed by atoms with E-state index < -0.39 is 10.0 Å². The van der Waals surface area contributed by atoms with Crippen molar-refractivity contribution in [3.8, 4) is 11.3 Å². The number of fused-ring (bicyclic) bond motifs is 1. The highest BCUT2D eigenvalue weighted by atomic mass is 32.2. The highest BCUT2D eigenvalue weighted by Gasteiger charge is 2.12. The number of nitrogen functional groups attached to an aromatic ring is 1. The van der Waals surface area contributed by atoms with Crippen LogP contribution in [0.25, 0.3) is 22.3 Å². The first-order chi connectivity index (χ1) is 13.4. The van der Waals surface area contributed by atoms with Gasteiger partial charge in [0, 0.05) is 12.0 Å². The van der Waals surface area contributed by atoms with Crippen molar-refractivity contribution in [2.45, 2.75) is 11.3 Å². The van der Waals surface area contributed by atoms with Crippen LogP contribution in [0.1, 0.15) is 11.3 Å². The number of benzene rings is 2. The summed E-state index contributed by atoms with van der Waals surface area (Å²) in [5.41, 5.74) is 10.4. The monoisotopic (exact) mass is 391 g/mol. The molecule has 0 unspecified atom stereocenters. The number of anilines is 1. The highest BCUT2D eigenvalue weighted by Crippen LogP contribution is 2.24. The standard InChI is InChI=1S/C20H17N5O2S/c21-20-24-17-11-10-16(14-6-8-15(9-7-14)28(22,26)27)23-19(17)18(25-20)12-13-4-2-1-3-5-13/h1-11H,12H2,(H2,21,24,25)(H2,22,26,27). The first-order valence-electron chi connectivity index (χ1n) is 8.50. The zero-order valence-electron chi connectivity index (χ0n) is 14.8. The maximum Gasteiger partial charge on any atom is 0.238 e. The van der Waals surface area contributed by atoms with Gasteiger partial charge < -0.3 is 5.73 Å². The van der Waals surface area contributed by atoms with Gasteiger partial charge in [0.2, 0.25) is 16.0 Å². The van der Waals surface area contributed by atoms with Crippen LogP contribution in [0, 0.1) is 0 Å². The normalized spacial score (nSPS) is 11.6. The summed E-state index contributed by atoms with van der Waals surface area (Å²) in [4.78, 5) is 13.4. The molecule has 4 N–H and O–H groups in total. The summed E-state index contributed by atoms with van der Waals surface area (Å²) in [6, 6.07) is 19.8. The fourth-order valence-corrected chi connectivity index (χ4v) is 3.50. The van der Waals surface area contributed by atoms with Gasteiger partial charge in [-0.1, -0.05) is 42.5 Å². The fourth-order valence-electron chi connectivity index (χ4n) is 2.98. The molecule has 28 heavy (non-hydrogen) atoms. The summed E-state index contributed by atoms with van der Waals surface area (Å²) in [5, 5.41) is 5.16. The van der Waals surface area contributed by atoms with E-state index in [2.05, 4.69) is 9.97 Å². The molecular weight excluding hydrogens is 374 g/mol. The molecule has 0 fully saturated rings. The Morgan fingerprint density at radius 3 is 2.21 bits per heavy atom. The molecule has 8 heteroatoms. The lowest BCUT2D eigenvalue weighted by Gasteiger charge is -2.09. The van der Waals surface area contributed by atoms with E-state index in [1.54, 1.807) is 12.1 Å². The number of primary sulfonamides is 1. The van der Waals surface area contributed by atoms with E-state index in [4.69, 9.17) is 15.9 Å². The van der Waals surface area contributed by atoms with Crippen LogP contribution in [0.15, 0.2) is 71.6 Å². The molecule has 4 rings (SSSR count). The number of hydrogen-bond donors (Lipinski definition) is 2. The summed E-state index contributed by atoms with van der Waals surface area (Å²) in [6.45, 7) is 0. The molecule has 2 heterocycles. The molecule has 0 aliphatic rings. The molecular formula is C20H17N5O2S. The average molecular weight is 391 g/mol. The zero-order valence-corrected chi connectivity index (χ0v) is 15.6. The summed E-state index contributed by atoms with van der Waals surface area (Å²) in [7, 11) is -3.74. The molecule has 0 amide bonds. The van der Waals surface area contributed by atoms with E-state index in [9.17, 15) is 8.42 Å². The lowest BCUT2D eigenvalue weighted by Crippen LogP contribution is -2.11. The minimum atomic E-state index is -3.74. The molecule has 0 bridgehead atoms. The molecule has 2 aromatic heterocycles. The van der Waals surface area contributed by atoms with Crippen molar-refractivity contribution >= 4 is 27.0 Å². The summed E-state index contributed by atoms with van der Waals surface area (Å²) < 4.78 is 22.9. The molecule has 4 aromatic rings. The third-order valence-electron chi connectivity index (χ3n) is 4.32. The molecule has 0 aliphatic heterocycles. The Bertz CT molecular complexity index is 1260. The topological polar surface area (TPSA) is 125 Å². The minimum absolute atomic E-state index is 0.0536. The first-order valence-corrected chi connectivity index (χ1v) is 10.0. The van der Waals surface area contributed by atoms with Crippen LogP contribution in [0.4, 0.5) is 5.95 Å². The van der Waals surface area contributed by atoms with Gasteiger partial charge in [0.05, 0.1) is 21.8 Å². The quantitative estimate of drug-likeness (QED) is 0.551. The predicted molar refractivity (Wildman–Crippen MR) is 108 cm³/mol. The fraction of sp³-hybridized carbons (Fsp3) is 0.0500. The largest absolute Gasteiger partial charge is 0.368 e. The highest BCUT2D eigenvalue weighted by molar-refractivity contribution is 7.89. The third-order valence-corrected chi connectivity index (χ3v) is 5.25. The molecule has 0 saturated carbocycles. The predicted octanol–water partition coefficient (Wildman–Crippen LogP) is 2.51. The Labute approximate surface area is 162 Å². The van der Waals surface area contributed by atoms with Crippen molar-refractivity contribution in [3.05, 3.63) is 78.0 Å². The van der Waals surface area contributed by atoms with Crippen molar-refractivity contribution in [1.82, 2.24) is 15.0 Å². The molecule has 7 nitrogen and oxygen atoms in total. The number of pyridine rings is 1. The Balaban J connectivity index is 1.79. The van der Waals surface area contributed by atoms with Gasteiger partial charge in [-0.15, -0.1) is 0 Å². The summed E-state index contributed by atoms with van der Waals surface area (Å²) in [5.74, 6) is 0.200. The van der Waals surface area contributed by atoms with Gasteiger partial charge in [0.25, 0.3) is 0 Å². The van der Waals surface area contributed by atoms with Gasteiger partial charge in [0.15, 0.2) is 0 Å². The van der Waals surface area contributed by atoms with Crippen LogP contribution in [-0.2, 0) is 16.4 Å². The van der Waals surface area contributed by atoms with Crippen LogP contribution in [0.5, 0.6) is 0 Å². The molecule has 0 saturated heterocycles. The van der Waals surface area contributed by atoms with E-state index in [1.165, 1.54) is 12.1 Å². The second kappa shape index (κ2) is 6.99. The lowest BCUT2D eigenvalue weighted by atomic mass is 10.1. The number of aromatic nitrogens is 3. The van der Waals surface area contributed by atoms with Gasteiger partial charge in [-0.3, -0.25) is 0 Å². The Hall–Kier alpha value is -3.36. The summed E-state index contributed by atoms with van der Waals surface area (Å²) in [6.07, 6.45) is 0.574. The molecule has 140 valence electrons. The molecule has 0 atom stereocenters. The van der Waals surface area contributed by atoms with Gasteiger partial charge in [-0.05, 0) is 29.8 Å². The average Bonchev–Trinajstić information content (AvgIpc) is 2.68. The van der Waals surface area contributed by atoms with Crippen LogP contribution in [0.2, 0.25) is 0 Å². The van der Waals surface area contributed by atoms with E-state index in [0.717, 1.165) is 16.8 Å². The smallest absolute Gasteiger partial charge is 0.238 e. The van der Waals surface area contributed by atoms with Crippen molar-refractivity contribution in [2.24, 2.45) is 5.14 Å². The van der Waals surface area contributed by atoms with E-state index in [0.29, 0.717) is 23.1 Å². The van der Waals surface area contributed by atoms with Crippen LogP contribution in [0.3, 0.4) is 0 Å². The second-order valence-corrected chi connectivity index (χ2v) is 7.89. The van der Waals surface area contributed by atoms with Gasteiger partial charge >= 0.3 is 0 Å². The summed E-state index contributed by atoms with van der Waals surface area (Å²) >= 11 is 0. The maximum atomic E-state index is 11.4.